The van der Waals surface area contributed by atoms with Crippen LogP contribution in [0.25, 0.3) is 0 Å². The molecular formula is C29H43NO7Si. The SMILES string of the molecule is CCOC(=O)C(OCC)C(C)(C#N)C/C(C)=C/Cc1c(OC)c(C)c2c(c1OCC[Si](C)(C)C)C(=O)OC2. The third-order valence-electron chi connectivity index (χ3n) is 6.69. The standard InChI is InChI=1S/C29H43NO7Si/c1-10-34-26(28(32)35-11-2)29(5,18-30)16-19(3)12-13-21-24(33-6)20(4)22-17-37-27(31)23(22)25(21)36-14-15-38(7,8)9/h12,26H,10-11,13-17H2,1-9H3/b19-12+. The predicted molar refractivity (Wildman–Crippen MR) is 148 cm³/mol. The van der Waals surface area contributed by atoms with Crippen LogP contribution >= 0.6 is 0 Å². The number of carbonyl (C=O) groups is 2. The average molecular weight is 546 g/mol. The number of benzene rings is 1. The molecule has 0 spiro atoms. The van der Waals surface area contributed by atoms with Gasteiger partial charge in [-0.1, -0.05) is 31.3 Å². The molecule has 1 aromatic carbocycles. The lowest BCUT2D eigenvalue weighted by Crippen LogP contribution is -2.41. The second-order valence-electron chi connectivity index (χ2n) is 11.1. The van der Waals surface area contributed by atoms with Gasteiger partial charge in [0.25, 0.3) is 0 Å². The molecule has 0 amide bonds. The molecule has 1 heterocycles. The smallest absolute Gasteiger partial charge is 0.342 e. The minimum absolute atomic E-state index is 0.198. The maximum absolute atomic E-state index is 12.7. The molecule has 0 saturated carbocycles. The van der Waals surface area contributed by atoms with Crippen molar-refractivity contribution in [3.8, 4) is 17.6 Å². The second-order valence-corrected chi connectivity index (χ2v) is 16.7. The first-order valence-corrected chi connectivity index (χ1v) is 16.9. The molecule has 1 aromatic rings. The second kappa shape index (κ2) is 13.3. The molecule has 9 heteroatoms. The number of carbonyl (C=O) groups excluding carboxylic acids is 2. The quantitative estimate of drug-likeness (QED) is 0.165. The van der Waals surface area contributed by atoms with Gasteiger partial charge in [0.15, 0.2) is 6.10 Å². The molecule has 1 aliphatic heterocycles. The van der Waals surface area contributed by atoms with Gasteiger partial charge in [-0.25, -0.2) is 9.59 Å². The number of methoxy groups -OCH3 is 1. The maximum atomic E-state index is 12.7. The Morgan fingerprint density at radius 2 is 1.92 bits per heavy atom. The largest absolute Gasteiger partial charge is 0.496 e. The number of esters is 2. The van der Waals surface area contributed by atoms with Gasteiger partial charge in [-0.15, -0.1) is 0 Å². The summed E-state index contributed by atoms with van der Waals surface area (Å²) in [7, 11) is 0.239. The minimum Gasteiger partial charge on any atom is -0.496 e. The van der Waals surface area contributed by atoms with Gasteiger partial charge in [0, 0.05) is 25.8 Å². The number of fused-ring (bicyclic) bond motifs is 1. The van der Waals surface area contributed by atoms with E-state index in [2.05, 4.69) is 25.7 Å². The zero-order valence-corrected chi connectivity index (χ0v) is 25.4. The summed E-state index contributed by atoms with van der Waals surface area (Å²) in [5, 5.41) is 10.0. The van der Waals surface area contributed by atoms with Gasteiger partial charge in [-0.3, -0.25) is 0 Å². The van der Waals surface area contributed by atoms with E-state index in [0.29, 0.717) is 36.5 Å². The third kappa shape index (κ3) is 7.39. The van der Waals surface area contributed by atoms with Crippen LogP contribution in [0.3, 0.4) is 0 Å². The molecule has 8 nitrogen and oxygen atoms in total. The van der Waals surface area contributed by atoms with Crippen LogP contribution in [0.15, 0.2) is 11.6 Å². The van der Waals surface area contributed by atoms with E-state index in [0.717, 1.165) is 28.3 Å². The normalized spacial score (nSPS) is 15.7. The van der Waals surface area contributed by atoms with Crippen LogP contribution in [0.1, 0.15) is 61.2 Å². The summed E-state index contributed by atoms with van der Waals surface area (Å²) in [4.78, 5) is 25.3. The Morgan fingerprint density at radius 3 is 2.47 bits per heavy atom. The lowest BCUT2D eigenvalue weighted by Gasteiger charge is -2.30. The van der Waals surface area contributed by atoms with Crippen LogP contribution < -0.4 is 9.47 Å². The first kappa shape index (κ1) is 31.4. The number of hydrogen-bond acceptors (Lipinski definition) is 8. The number of nitriles is 1. The molecule has 0 N–H and O–H groups in total. The van der Waals surface area contributed by atoms with Crippen molar-refractivity contribution in [1.82, 2.24) is 0 Å². The molecule has 2 atom stereocenters. The highest BCUT2D eigenvalue weighted by Gasteiger charge is 2.42. The summed E-state index contributed by atoms with van der Waals surface area (Å²) in [5.41, 5.74) is 2.65. The Bertz CT molecular complexity index is 1100. The fourth-order valence-electron chi connectivity index (χ4n) is 4.64. The molecule has 38 heavy (non-hydrogen) atoms. The molecule has 0 fully saturated rings. The summed E-state index contributed by atoms with van der Waals surface area (Å²) in [5.74, 6) is 0.241. The molecule has 0 radical (unpaired) electrons. The van der Waals surface area contributed by atoms with Crippen molar-refractivity contribution in [2.45, 2.75) is 85.9 Å². The van der Waals surface area contributed by atoms with Crippen LogP contribution in [-0.2, 0) is 32.0 Å². The van der Waals surface area contributed by atoms with Crippen molar-refractivity contribution in [3.05, 3.63) is 33.9 Å². The number of allylic oxidation sites excluding steroid dienone is 2. The first-order valence-electron chi connectivity index (χ1n) is 13.2. The lowest BCUT2D eigenvalue weighted by atomic mass is 9.79. The van der Waals surface area contributed by atoms with Crippen molar-refractivity contribution in [3.63, 3.8) is 0 Å². The maximum Gasteiger partial charge on any atom is 0.342 e. The summed E-state index contributed by atoms with van der Waals surface area (Å²) in [6.07, 6.45) is 1.69. The van der Waals surface area contributed by atoms with Crippen LogP contribution in [0.4, 0.5) is 0 Å². The number of rotatable bonds is 14. The van der Waals surface area contributed by atoms with Crippen LogP contribution in [0.5, 0.6) is 11.5 Å². The Balaban J connectivity index is 2.46. The van der Waals surface area contributed by atoms with E-state index in [-0.39, 0.29) is 25.8 Å². The zero-order chi connectivity index (χ0) is 28.7. The zero-order valence-electron chi connectivity index (χ0n) is 24.4. The summed E-state index contributed by atoms with van der Waals surface area (Å²) < 4.78 is 28.3. The number of nitrogens with zero attached hydrogens (tertiary/aromatic N) is 1. The van der Waals surface area contributed by atoms with Gasteiger partial charge in [0.1, 0.15) is 23.7 Å². The molecule has 0 aliphatic carbocycles. The van der Waals surface area contributed by atoms with E-state index in [9.17, 15) is 14.9 Å². The van der Waals surface area contributed by atoms with Crippen LogP contribution in [-0.4, -0.2) is 53.0 Å². The van der Waals surface area contributed by atoms with Crippen molar-refractivity contribution in [2.75, 3.05) is 26.9 Å². The van der Waals surface area contributed by atoms with E-state index in [4.69, 9.17) is 23.7 Å². The highest BCUT2D eigenvalue weighted by Crippen LogP contribution is 2.43. The minimum atomic E-state index is -1.37. The van der Waals surface area contributed by atoms with Crippen molar-refractivity contribution in [1.29, 1.82) is 5.26 Å². The summed E-state index contributed by atoms with van der Waals surface area (Å²) >= 11 is 0. The van der Waals surface area contributed by atoms with E-state index < -0.39 is 25.6 Å². The molecule has 210 valence electrons. The van der Waals surface area contributed by atoms with E-state index >= 15 is 0 Å². The molecule has 2 rings (SSSR count). The first-order chi connectivity index (χ1) is 17.8. The number of hydrogen-bond donors (Lipinski definition) is 0. The Hall–Kier alpha value is -2.83. The van der Waals surface area contributed by atoms with Gasteiger partial charge < -0.3 is 23.7 Å². The summed E-state index contributed by atoms with van der Waals surface area (Å²) in [6, 6.07) is 3.22. The molecule has 2 unspecified atom stereocenters. The van der Waals surface area contributed by atoms with Crippen molar-refractivity contribution in [2.24, 2.45) is 5.41 Å². The molecule has 0 bridgehead atoms. The van der Waals surface area contributed by atoms with Crippen LogP contribution in [0.2, 0.25) is 25.7 Å². The number of cyclic esters (lactones) is 1. The Labute approximate surface area is 228 Å². The Morgan fingerprint density at radius 1 is 1.24 bits per heavy atom. The number of ether oxygens (including phenoxy) is 5. The molecule has 1 aliphatic rings. The fraction of sp³-hybridized carbons (Fsp3) is 0.621. The van der Waals surface area contributed by atoms with E-state index in [1.54, 1.807) is 27.9 Å². The third-order valence-corrected chi connectivity index (χ3v) is 8.40. The van der Waals surface area contributed by atoms with Gasteiger partial charge in [0.05, 0.1) is 31.8 Å². The van der Waals surface area contributed by atoms with E-state index in [1.165, 1.54) is 0 Å². The average Bonchev–Trinajstić information content (AvgIpc) is 3.23. The summed E-state index contributed by atoms with van der Waals surface area (Å²) in [6.45, 7) is 17.1. The highest BCUT2D eigenvalue weighted by atomic mass is 28.3. The van der Waals surface area contributed by atoms with Gasteiger partial charge >= 0.3 is 11.9 Å². The monoisotopic (exact) mass is 545 g/mol. The lowest BCUT2D eigenvalue weighted by molar-refractivity contribution is -0.162. The molecule has 0 aromatic heterocycles. The highest BCUT2D eigenvalue weighted by molar-refractivity contribution is 6.76. The predicted octanol–water partition coefficient (Wildman–Crippen LogP) is 5.77. The molecule has 0 saturated heterocycles. The van der Waals surface area contributed by atoms with Gasteiger partial charge in [-0.05, 0) is 59.1 Å². The topological polar surface area (TPSA) is 104 Å². The molecular weight excluding hydrogens is 502 g/mol. The fourth-order valence-corrected chi connectivity index (χ4v) is 5.36. The van der Waals surface area contributed by atoms with Gasteiger partial charge in [0.2, 0.25) is 0 Å². The Kier molecular flexibility index (Phi) is 11.0. The van der Waals surface area contributed by atoms with E-state index in [1.807, 2.05) is 19.9 Å². The van der Waals surface area contributed by atoms with Crippen LogP contribution in [0, 0.1) is 23.7 Å². The van der Waals surface area contributed by atoms with Crippen molar-refractivity contribution < 1.29 is 33.3 Å². The van der Waals surface area contributed by atoms with Gasteiger partial charge in [-0.2, -0.15) is 5.26 Å². The van der Waals surface area contributed by atoms with Crippen molar-refractivity contribution >= 4 is 20.0 Å².